The molecule has 1 atom stereocenters. The Balaban J connectivity index is 1.98. The maximum atomic E-state index is 12.7. The highest BCUT2D eigenvalue weighted by Gasteiger charge is 2.35. The van der Waals surface area contributed by atoms with Crippen LogP contribution in [0.3, 0.4) is 0 Å². The van der Waals surface area contributed by atoms with Gasteiger partial charge in [0.2, 0.25) is 5.91 Å². The molecule has 2 rings (SSSR count). The highest BCUT2D eigenvalue weighted by atomic mass is 16.6. The molecular formula is C18H31N5O3. The van der Waals surface area contributed by atoms with E-state index in [1.54, 1.807) is 10.7 Å². The third-order valence-electron chi connectivity index (χ3n) is 4.10. The second-order valence-electron chi connectivity index (χ2n) is 7.94. The number of rotatable bonds is 5. The van der Waals surface area contributed by atoms with Gasteiger partial charge in [0.1, 0.15) is 11.6 Å². The molecule has 146 valence electrons. The zero-order valence-electron chi connectivity index (χ0n) is 16.5. The van der Waals surface area contributed by atoms with Crippen molar-refractivity contribution in [2.45, 2.75) is 58.2 Å². The molecule has 1 saturated heterocycles. The molecule has 1 N–H and O–H groups in total. The first kappa shape index (κ1) is 20.2. The van der Waals surface area contributed by atoms with E-state index in [9.17, 15) is 9.59 Å². The van der Waals surface area contributed by atoms with Gasteiger partial charge in [-0.25, -0.2) is 4.79 Å². The minimum atomic E-state index is -0.583. The summed E-state index contributed by atoms with van der Waals surface area (Å²) in [7, 11) is 4.00. The molecule has 8 nitrogen and oxygen atoms in total. The van der Waals surface area contributed by atoms with Crippen molar-refractivity contribution in [1.82, 2.24) is 19.6 Å². The maximum absolute atomic E-state index is 12.7. The summed E-state index contributed by atoms with van der Waals surface area (Å²) in [6.45, 7) is 7.61. The van der Waals surface area contributed by atoms with Crippen molar-refractivity contribution in [3.05, 3.63) is 12.3 Å². The Morgan fingerprint density at radius 1 is 1.35 bits per heavy atom. The van der Waals surface area contributed by atoms with Gasteiger partial charge in [0.25, 0.3) is 0 Å². The van der Waals surface area contributed by atoms with Gasteiger partial charge in [-0.05, 0) is 54.1 Å². The van der Waals surface area contributed by atoms with E-state index in [2.05, 4.69) is 15.3 Å². The summed E-state index contributed by atoms with van der Waals surface area (Å²) in [6, 6.07) is 1.25. The number of anilines is 1. The van der Waals surface area contributed by atoms with E-state index in [0.717, 1.165) is 25.9 Å². The second kappa shape index (κ2) is 8.53. The number of likely N-dealkylation sites (N-methyl/N-ethyl adjacent to an activating group) is 1. The van der Waals surface area contributed by atoms with E-state index in [4.69, 9.17) is 4.74 Å². The normalized spacial score (nSPS) is 18.1. The molecule has 1 aliphatic heterocycles. The number of hydrogen-bond acceptors (Lipinski definition) is 5. The molecule has 0 radical (unpaired) electrons. The SMILES string of the molecule is CN(C)CCn1ccc(NC(=O)[C@@H]2CCCCN2C(=O)OC(C)(C)C)n1. The highest BCUT2D eigenvalue weighted by Crippen LogP contribution is 2.21. The molecule has 2 heterocycles. The van der Waals surface area contributed by atoms with Gasteiger partial charge < -0.3 is 15.0 Å². The van der Waals surface area contributed by atoms with Crippen LogP contribution in [0.2, 0.25) is 0 Å². The lowest BCUT2D eigenvalue weighted by molar-refractivity contribution is -0.122. The Bertz CT molecular complexity index is 621. The minimum Gasteiger partial charge on any atom is -0.444 e. The molecule has 0 aromatic carbocycles. The molecule has 0 unspecified atom stereocenters. The van der Waals surface area contributed by atoms with Crippen molar-refractivity contribution in [1.29, 1.82) is 0 Å². The maximum Gasteiger partial charge on any atom is 0.410 e. The van der Waals surface area contributed by atoms with Gasteiger partial charge in [-0.1, -0.05) is 0 Å². The predicted molar refractivity (Wildman–Crippen MR) is 100.0 cm³/mol. The fourth-order valence-corrected chi connectivity index (χ4v) is 2.81. The lowest BCUT2D eigenvalue weighted by atomic mass is 10.0. The highest BCUT2D eigenvalue weighted by molar-refractivity contribution is 5.96. The average Bonchev–Trinajstić information content (AvgIpc) is 2.98. The van der Waals surface area contributed by atoms with Gasteiger partial charge in [-0.15, -0.1) is 0 Å². The first-order chi connectivity index (χ1) is 12.2. The van der Waals surface area contributed by atoms with Crippen molar-refractivity contribution in [2.24, 2.45) is 0 Å². The predicted octanol–water partition coefficient (Wildman–Crippen LogP) is 2.17. The Labute approximate surface area is 155 Å². The van der Waals surface area contributed by atoms with E-state index in [0.29, 0.717) is 18.8 Å². The van der Waals surface area contributed by atoms with Crippen LogP contribution in [0.15, 0.2) is 12.3 Å². The smallest absolute Gasteiger partial charge is 0.410 e. The fraction of sp³-hybridized carbons (Fsp3) is 0.722. The number of piperidine rings is 1. The lowest BCUT2D eigenvalue weighted by Gasteiger charge is -2.35. The molecule has 1 aromatic heterocycles. The zero-order valence-corrected chi connectivity index (χ0v) is 16.5. The van der Waals surface area contributed by atoms with Crippen LogP contribution < -0.4 is 5.32 Å². The Kier molecular flexibility index (Phi) is 6.63. The number of hydrogen-bond donors (Lipinski definition) is 1. The first-order valence-corrected chi connectivity index (χ1v) is 9.14. The van der Waals surface area contributed by atoms with Crippen LogP contribution in [-0.4, -0.2) is 70.4 Å². The lowest BCUT2D eigenvalue weighted by Crippen LogP contribution is -2.51. The number of nitrogens with zero attached hydrogens (tertiary/aromatic N) is 4. The number of likely N-dealkylation sites (tertiary alicyclic amines) is 1. The van der Waals surface area contributed by atoms with Crippen molar-refractivity contribution in [2.75, 3.05) is 32.5 Å². The molecule has 0 bridgehead atoms. The third-order valence-corrected chi connectivity index (χ3v) is 4.10. The molecule has 1 aromatic rings. The van der Waals surface area contributed by atoms with E-state index in [1.165, 1.54) is 4.90 Å². The van der Waals surface area contributed by atoms with Crippen molar-refractivity contribution < 1.29 is 14.3 Å². The summed E-state index contributed by atoms with van der Waals surface area (Å²) in [4.78, 5) is 28.7. The second-order valence-corrected chi connectivity index (χ2v) is 7.94. The quantitative estimate of drug-likeness (QED) is 0.865. The Morgan fingerprint density at radius 2 is 2.08 bits per heavy atom. The van der Waals surface area contributed by atoms with E-state index >= 15 is 0 Å². The number of aromatic nitrogens is 2. The van der Waals surface area contributed by atoms with Crippen LogP contribution in [-0.2, 0) is 16.1 Å². The molecule has 0 saturated carbocycles. The van der Waals surface area contributed by atoms with E-state index in [-0.39, 0.29) is 5.91 Å². The largest absolute Gasteiger partial charge is 0.444 e. The van der Waals surface area contributed by atoms with Crippen molar-refractivity contribution in [3.63, 3.8) is 0 Å². The van der Waals surface area contributed by atoms with Gasteiger partial charge in [0.15, 0.2) is 5.82 Å². The van der Waals surface area contributed by atoms with Gasteiger partial charge in [0, 0.05) is 25.4 Å². The summed E-state index contributed by atoms with van der Waals surface area (Å²) in [5.41, 5.74) is -0.583. The molecular weight excluding hydrogens is 334 g/mol. The third kappa shape index (κ3) is 6.01. The first-order valence-electron chi connectivity index (χ1n) is 9.14. The monoisotopic (exact) mass is 365 g/mol. The van der Waals surface area contributed by atoms with Crippen LogP contribution in [0.1, 0.15) is 40.0 Å². The summed E-state index contributed by atoms with van der Waals surface area (Å²) in [6.07, 6.45) is 3.82. The van der Waals surface area contributed by atoms with Crippen LogP contribution in [0.4, 0.5) is 10.6 Å². The number of carbonyl (C=O) groups is 2. The topological polar surface area (TPSA) is 79.7 Å². The molecule has 0 aliphatic carbocycles. The summed E-state index contributed by atoms with van der Waals surface area (Å²) >= 11 is 0. The average molecular weight is 365 g/mol. The Morgan fingerprint density at radius 3 is 2.73 bits per heavy atom. The molecule has 0 spiro atoms. The van der Waals surface area contributed by atoms with Crippen LogP contribution in [0.25, 0.3) is 0 Å². The molecule has 2 amide bonds. The number of nitrogens with one attached hydrogen (secondary N) is 1. The molecule has 1 fully saturated rings. The minimum absolute atomic E-state index is 0.214. The van der Waals surface area contributed by atoms with Gasteiger partial charge in [-0.2, -0.15) is 5.10 Å². The Hall–Kier alpha value is -2.09. The van der Waals surface area contributed by atoms with Gasteiger partial charge in [-0.3, -0.25) is 14.4 Å². The van der Waals surface area contributed by atoms with E-state index in [1.807, 2.05) is 41.1 Å². The molecule has 1 aliphatic rings. The zero-order chi connectivity index (χ0) is 19.3. The van der Waals surface area contributed by atoms with Crippen molar-refractivity contribution >= 4 is 17.8 Å². The summed E-state index contributed by atoms with van der Waals surface area (Å²) in [5.74, 6) is 0.289. The summed E-state index contributed by atoms with van der Waals surface area (Å²) in [5, 5.41) is 7.20. The number of ether oxygens (including phenoxy) is 1. The molecule has 26 heavy (non-hydrogen) atoms. The van der Waals surface area contributed by atoms with Gasteiger partial charge >= 0.3 is 6.09 Å². The number of amides is 2. The van der Waals surface area contributed by atoms with Crippen LogP contribution >= 0.6 is 0 Å². The van der Waals surface area contributed by atoms with Crippen molar-refractivity contribution in [3.8, 4) is 0 Å². The van der Waals surface area contributed by atoms with E-state index < -0.39 is 17.7 Å². The fourth-order valence-electron chi connectivity index (χ4n) is 2.81. The summed E-state index contributed by atoms with van der Waals surface area (Å²) < 4.78 is 7.24. The number of carbonyl (C=O) groups excluding carboxylic acids is 2. The van der Waals surface area contributed by atoms with Gasteiger partial charge in [0.05, 0.1) is 6.54 Å². The standard InChI is InChI=1S/C18H31N5O3/c1-18(2,3)26-17(25)23-10-7-6-8-14(23)16(24)19-15-9-11-22(20-15)13-12-21(4)5/h9,11,14H,6-8,10,12-13H2,1-5H3,(H,19,20,24)/t14-/m0/s1. The van der Waals surface area contributed by atoms with Crippen LogP contribution in [0, 0.1) is 0 Å². The van der Waals surface area contributed by atoms with Crippen LogP contribution in [0.5, 0.6) is 0 Å². The molecule has 8 heteroatoms.